The van der Waals surface area contributed by atoms with Crippen LogP contribution in [0.4, 0.5) is 0 Å². The van der Waals surface area contributed by atoms with Crippen molar-refractivity contribution in [2.45, 2.75) is 58.8 Å². The number of ketones is 1. The smallest absolute Gasteiger partial charge is 0.139 e. The van der Waals surface area contributed by atoms with Crippen LogP contribution in [0.15, 0.2) is 57.7 Å². The van der Waals surface area contributed by atoms with Crippen LogP contribution in [0.3, 0.4) is 0 Å². The predicted molar refractivity (Wildman–Crippen MR) is 95.8 cm³/mol. The molecule has 0 aliphatic rings. The first-order chi connectivity index (χ1) is 11.6. The van der Waals surface area contributed by atoms with E-state index in [-0.39, 0.29) is 5.92 Å². The lowest BCUT2D eigenvalue weighted by Crippen LogP contribution is -2.10. The molecule has 0 aliphatic heterocycles. The van der Waals surface area contributed by atoms with Gasteiger partial charge >= 0.3 is 0 Å². The SMILES string of the molecule is CC(=CCC(=O)C(C)CCCc1ccoc1)CCCc1ccoc1. The molecule has 0 saturated heterocycles. The standard InChI is InChI=1S/C21H28O3/c1-17(5-3-7-19-11-13-23-15-19)9-10-21(22)18(2)6-4-8-20-12-14-24-16-20/h9,11-16,18H,3-8,10H2,1-2H3. The topological polar surface area (TPSA) is 43.4 Å². The molecule has 1 atom stereocenters. The summed E-state index contributed by atoms with van der Waals surface area (Å²) in [7, 11) is 0. The molecule has 2 heterocycles. The fourth-order valence-electron chi connectivity index (χ4n) is 2.79. The third-order valence-electron chi connectivity index (χ3n) is 4.50. The number of carbonyl (C=O) groups excluding carboxylic acids is 1. The summed E-state index contributed by atoms with van der Waals surface area (Å²) < 4.78 is 10.1. The molecule has 2 aromatic heterocycles. The normalized spacial score (nSPS) is 13.2. The lowest BCUT2D eigenvalue weighted by molar-refractivity contribution is -0.121. The molecule has 3 nitrogen and oxygen atoms in total. The first-order valence-electron chi connectivity index (χ1n) is 8.85. The second-order valence-electron chi connectivity index (χ2n) is 6.63. The van der Waals surface area contributed by atoms with E-state index in [0.717, 1.165) is 38.5 Å². The maximum absolute atomic E-state index is 12.2. The molecule has 0 aliphatic carbocycles. The Balaban J connectivity index is 1.60. The van der Waals surface area contributed by atoms with Gasteiger partial charge in [0.2, 0.25) is 0 Å². The Morgan fingerprint density at radius 2 is 1.71 bits per heavy atom. The second-order valence-corrected chi connectivity index (χ2v) is 6.63. The number of hydrogen-bond donors (Lipinski definition) is 0. The average Bonchev–Trinajstić information content (AvgIpc) is 3.26. The van der Waals surface area contributed by atoms with Gasteiger partial charge in [-0.2, -0.15) is 0 Å². The molecule has 2 aromatic rings. The first-order valence-corrected chi connectivity index (χ1v) is 8.85. The summed E-state index contributed by atoms with van der Waals surface area (Å²) in [5.41, 5.74) is 3.76. The lowest BCUT2D eigenvalue weighted by atomic mass is 9.95. The second kappa shape index (κ2) is 9.96. The summed E-state index contributed by atoms with van der Waals surface area (Å²) >= 11 is 0. The van der Waals surface area contributed by atoms with Crippen LogP contribution in [-0.2, 0) is 17.6 Å². The Bertz CT molecular complexity index is 606. The van der Waals surface area contributed by atoms with Gasteiger partial charge in [0.05, 0.1) is 25.1 Å². The molecule has 0 radical (unpaired) electrons. The van der Waals surface area contributed by atoms with E-state index >= 15 is 0 Å². The minimum Gasteiger partial charge on any atom is -0.472 e. The third-order valence-corrected chi connectivity index (χ3v) is 4.50. The molecule has 0 N–H and O–H groups in total. The fourth-order valence-corrected chi connectivity index (χ4v) is 2.79. The average molecular weight is 328 g/mol. The van der Waals surface area contributed by atoms with Crippen molar-refractivity contribution in [1.29, 1.82) is 0 Å². The predicted octanol–water partition coefficient (Wildman–Crippen LogP) is 5.76. The van der Waals surface area contributed by atoms with Crippen LogP contribution >= 0.6 is 0 Å². The lowest BCUT2D eigenvalue weighted by Gasteiger charge is -2.09. The van der Waals surface area contributed by atoms with Crippen LogP contribution in [0.5, 0.6) is 0 Å². The molecular formula is C21H28O3. The van der Waals surface area contributed by atoms with E-state index in [2.05, 4.69) is 13.0 Å². The molecule has 0 amide bonds. The summed E-state index contributed by atoms with van der Waals surface area (Å²) in [5, 5.41) is 0. The van der Waals surface area contributed by atoms with Crippen molar-refractivity contribution >= 4 is 5.78 Å². The number of carbonyl (C=O) groups is 1. The van der Waals surface area contributed by atoms with Crippen molar-refractivity contribution in [2.75, 3.05) is 0 Å². The molecule has 0 bridgehead atoms. The van der Waals surface area contributed by atoms with E-state index < -0.39 is 0 Å². The minimum atomic E-state index is 0.131. The maximum atomic E-state index is 12.2. The van der Waals surface area contributed by atoms with Crippen LogP contribution in [0.1, 0.15) is 57.1 Å². The van der Waals surface area contributed by atoms with Gasteiger partial charge in [0.15, 0.2) is 0 Å². The van der Waals surface area contributed by atoms with Crippen LogP contribution in [0.2, 0.25) is 0 Å². The monoisotopic (exact) mass is 328 g/mol. The molecule has 3 heteroatoms. The van der Waals surface area contributed by atoms with Gasteiger partial charge in [-0.3, -0.25) is 4.79 Å². The number of rotatable bonds is 11. The number of furan rings is 2. The molecule has 130 valence electrons. The van der Waals surface area contributed by atoms with E-state index in [1.165, 1.54) is 16.7 Å². The zero-order valence-corrected chi connectivity index (χ0v) is 14.8. The first kappa shape index (κ1) is 18.3. The van der Waals surface area contributed by atoms with Crippen molar-refractivity contribution in [3.05, 3.63) is 60.0 Å². The van der Waals surface area contributed by atoms with Gasteiger partial charge in [-0.1, -0.05) is 18.6 Å². The highest BCUT2D eigenvalue weighted by Crippen LogP contribution is 2.15. The molecule has 0 fully saturated rings. The number of Topliss-reactive ketones (excluding diaryl/α,β-unsaturated/α-hetero) is 1. The Morgan fingerprint density at radius 1 is 1.08 bits per heavy atom. The maximum Gasteiger partial charge on any atom is 0.139 e. The van der Waals surface area contributed by atoms with E-state index in [9.17, 15) is 4.79 Å². The molecule has 1 unspecified atom stereocenters. The zero-order chi connectivity index (χ0) is 17.2. The Labute approximate surface area is 144 Å². The van der Waals surface area contributed by atoms with Gasteiger partial charge in [-0.05, 0) is 68.7 Å². The van der Waals surface area contributed by atoms with Crippen molar-refractivity contribution in [3.8, 4) is 0 Å². The fraction of sp³-hybridized carbons (Fsp3) is 0.476. The minimum absolute atomic E-state index is 0.131. The molecule has 0 aromatic carbocycles. The largest absolute Gasteiger partial charge is 0.472 e. The van der Waals surface area contributed by atoms with Gasteiger partial charge in [0.1, 0.15) is 5.78 Å². The van der Waals surface area contributed by atoms with Crippen molar-refractivity contribution in [2.24, 2.45) is 5.92 Å². The van der Waals surface area contributed by atoms with Gasteiger partial charge in [-0.15, -0.1) is 0 Å². The van der Waals surface area contributed by atoms with Crippen LogP contribution < -0.4 is 0 Å². The molecular weight excluding hydrogens is 300 g/mol. The molecule has 0 spiro atoms. The van der Waals surface area contributed by atoms with Crippen molar-refractivity contribution in [1.82, 2.24) is 0 Å². The number of allylic oxidation sites excluding steroid dienone is 2. The Kier molecular flexibility index (Phi) is 7.60. The van der Waals surface area contributed by atoms with E-state index in [4.69, 9.17) is 8.83 Å². The number of aryl methyl sites for hydroxylation is 2. The van der Waals surface area contributed by atoms with Crippen molar-refractivity contribution in [3.63, 3.8) is 0 Å². The quantitative estimate of drug-likeness (QED) is 0.492. The van der Waals surface area contributed by atoms with Crippen molar-refractivity contribution < 1.29 is 13.6 Å². The third kappa shape index (κ3) is 6.61. The summed E-state index contributed by atoms with van der Waals surface area (Å²) in [6.45, 7) is 4.16. The van der Waals surface area contributed by atoms with E-state index in [1.807, 2.05) is 19.1 Å². The summed E-state index contributed by atoms with van der Waals surface area (Å²) in [4.78, 5) is 12.2. The van der Waals surface area contributed by atoms with Crippen LogP contribution in [0.25, 0.3) is 0 Å². The summed E-state index contributed by atoms with van der Waals surface area (Å²) in [6, 6.07) is 4.00. The summed E-state index contributed by atoms with van der Waals surface area (Å²) in [5.74, 6) is 0.475. The van der Waals surface area contributed by atoms with Gasteiger partial charge in [0.25, 0.3) is 0 Å². The van der Waals surface area contributed by atoms with Gasteiger partial charge in [-0.25, -0.2) is 0 Å². The Hall–Kier alpha value is -2.03. The Morgan fingerprint density at radius 3 is 2.29 bits per heavy atom. The summed E-state index contributed by atoms with van der Waals surface area (Å²) in [6.07, 6.45) is 15.8. The van der Waals surface area contributed by atoms with E-state index in [1.54, 1.807) is 25.1 Å². The van der Waals surface area contributed by atoms with Gasteiger partial charge < -0.3 is 8.83 Å². The van der Waals surface area contributed by atoms with Crippen LogP contribution in [-0.4, -0.2) is 5.78 Å². The zero-order valence-electron chi connectivity index (χ0n) is 14.8. The molecule has 2 rings (SSSR count). The molecule has 24 heavy (non-hydrogen) atoms. The number of hydrogen-bond acceptors (Lipinski definition) is 3. The van der Waals surface area contributed by atoms with Gasteiger partial charge in [0, 0.05) is 12.3 Å². The molecule has 0 saturated carbocycles. The highest BCUT2D eigenvalue weighted by Gasteiger charge is 2.11. The van der Waals surface area contributed by atoms with Crippen LogP contribution in [0, 0.1) is 5.92 Å². The highest BCUT2D eigenvalue weighted by molar-refractivity contribution is 5.82. The van der Waals surface area contributed by atoms with E-state index in [0.29, 0.717) is 12.2 Å². The highest BCUT2D eigenvalue weighted by atomic mass is 16.3.